The molecule has 0 saturated heterocycles. The average molecular weight is 237 g/mol. The molecule has 3 heteroatoms. The van der Waals surface area contributed by atoms with Gasteiger partial charge < -0.3 is 10.5 Å². The molecule has 0 aliphatic heterocycles. The van der Waals surface area contributed by atoms with E-state index >= 15 is 0 Å². The summed E-state index contributed by atoms with van der Waals surface area (Å²) in [6.07, 6.45) is 2.02. The molecule has 2 rings (SSSR count). The van der Waals surface area contributed by atoms with Crippen molar-refractivity contribution in [3.05, 3.63) is 29.6 Å². The largest absolute Gasteiger partial charge is 0.489 e. The summed E-state index contributed by atoms with van der Waals surface area (Å²) in [6.45, 7) is 6.15. The van der Waals surface area contributed by atoms with Gasteiger partial charge in [0.1, 0.15) is 17.7 Å². The van der Waals surface area contributed by atoms with Gasteiger partial charge >= 0.3 is 0 Å². The molecule has 94 valence electrons. The first-order valence-corrected chi connectivity index (χ1v) is 6.15. The molecule has 3 unspecified atom stereocenters. The molecule has 0 amide bonds. The number of nitrogens with two attached hydrogens (primary N) is 1. The standard InChI is InChI=1S/C14H20FNO/c1-4-14(3)12(16)8-13(14)17-11-6-5-10(15)7-9(11)2/h5-7,12-13H,4,8,16H2,1-3H3. The Morgan fingerprint density at radius 2 is 2.24 bits per heavy atom. The van der Waals surface area contributed by atoms with Gasteiger partial charge in [0.15, 0.2) is 0 Å². The van der Waals surface area contributed by atoms with Gasteiger partial charge in [-0.2, -0.15) is 0 Å². The summed E-state index contributed by atoms with van der Waals surface area (Å²) in [7, 11) is 0. The van der Waals surface area contributed by atoms with Crippen LogP contribution in [0.4, 0.5) is 4.39 Å². The van der Waals surface area contributed by atoms with Crippen LogP contribution in [0.15, 0.2) is 18.2 Å². The quantitative estimate of drug-likeness (QED) is 0.877. The molecule has 1 aliphatic rings. The van der Waals surface area contributed by atoms with Crippen LogP contribution in [0.2, 0.25) is 0 Å². The fourth-order valence-electron chi connectivity index (χ4n) is 2.42. The molecule has 0 aromatic heterocycles. The number of benzene rings is 1. The summed E-state index contributed by atoms with van der Waals surface area (Å²) in [5.41, 5.74) is 6.91. The van der Waals surface area contributed by atoms with Gasteiger partial charge in [-0.25, -0.2) is 4.39 Å². The first-order valence-electron chi connectivity index (χ1n) is 6.15. The van der Waals surface area contributed by atoms with Crippen molar-refractivity contribution >= 4 is 0 Å². The van der Waals surface area contributed by atoms with E-state index in [0.29, 0.717) is 0 Å². The SMILES string of the molecule is CCC1(C)C(N)CC1Oc1ccc(F)cc1C. The summed E-state index contributed by atoms with van der Waals surface area (Å²) >= 11 is 0. The second-order valence-corrected chi connectivity index (χ2v) is 5.22. The molecule has 3 atom stereocenters. The van der Waals surface area contributed by atoms with Crippen molar-refractivity contribution in [2.24, 2.45) is 11.1 Å². The first-order chi connectivity index (χ1) is 7.97. The molecule has 2 N–H and O–H groups in total. The Morgan fingerprint density at radius 3 is 2.76 bits per heavy atom. The summed E-state index contributed by atoms with van der Waals surface area (Å²) in [4.78, 5) is 0. The lowest BCUT2D eigenvalue weighted by atomic mass is 9.62. The lowest BCUT2D eigenvalue weighted by Crippen LogP contribution is -2.61. The van der Waals surface area contributed by atoms with Crippen LogP contribution in [0.1, 0.15) is 32.3 Å². The van der Waals surface area contributed by atoms with Crippen molar-refractivity contribution in [3.63, 3.8) is 0 Å². The lowest BCUT2D eigenvalue weighted by Gasteiger charge is -2.51. The third-order valence-electron chi connectivity index (χ3n) is 4.22. The van der Waals surface area contributed by atoms with E-state index in [2.05, 4.69) is 13.8 Å². The van der Waals surface area contributed by atoms with Gasteiger partial charge in [-0.05, 0) is 37.1 Å². The molecule has 1 saturated carbocycles. The van der Waals surface area contributed by atoms with Crippen LogP contribution in [0.3, 0.4) is 0 Å². The second-order valence-electron chi connectivity index (χ2n) is 5.22. The molecule has 17 heavy (non-hydrogen) atoms. The number of ether oxygens (including phenoxy) is 1. The third kappa shape index (κ3) is 2.04. The minimum Gasteiger partial charge on any atom is -0.489 e. The predicted molar refractivity (Wildman–Crippen MR) is 66.5 cm³/mol. The highest BCUT2D eigenvalue weighted by Crippen LogP contribution is 2.45. The summed E-state index contributed by atoms with van der Waals surface area (Å²) in [6, 6.07) is 4.84. The molecule has 0 heterocycles. The van der Waals surface area contributed by atoms with E-state index in [9.17, 15) is 4.39 Å². The van der Waals surface area contributed by atoms with E-state index in [0.717, 1.165) is 24.2 Å². The molecule has 0 bridgehead atoms. The van der Waals surface area contributed by atoms with E-state index in [4.69, 9.17) is 10.5 Å². The Bertz CT molecular complexity index is 421. The first kappa shape index (κ1) is 12.4. The lowest BCUT2D eigenvalue weighted by molar-refractivity contribution is -0.0563. The van der Waals surface area contributed by atoms with Gasteiger partial charge in [-0.3, -0.25) is 0 Å². The minimum atomic E-state index is -0.224. The molecule has 0 radical (unpaired) electrons. The van der Waals surface area contributed by atoms with Crippen molar-refractivity contribution in [1.82, 2.24) is 0 Å². The fraction of sp³-hybridized carbons (Fsp3) is 0.571. The molecular formula is C14H20FNO. The van der Waals surface area contributed by atoms with E-state index < -0.39 is 0 Å². The van der Waals surface area contributed by atoms with Crippen LogP contribution in [0.5, 0.6) is 5.75 Å². The van der Waals surface area contributed by atoms with Crippen LogP contribution in [-0.2, 0) is 0 Å². The van der Waals surface area contributed by atoms with Gasteiger partial charge in [0.25, 0.3) is 0 Å². The van der Waals surface area contributed by atoms with Gasteiger partial charge in [0.2, 0.25) is 0 Å². The minimum absolute atomic E-state index is 0.0425. The number of halogens is 1. The Hall–Kier alpha value is -1.09. The molecular weight excluding hydrogens is 217 g/mol. The van der Waals surface area contributed by atoms with Crippen LogP contribution >= 0.6 is 0 Å². The van der Waals surface area contributed by atoms with Gasteiger partial charge in [-0.15, -0.1) is 0 Å². The van der Waals surface area contributed by atoms with Gasteiger partial charge in [0, 0.05) is 17.9 Å². The summed E-state index contributed by atoms with van der Waals surface area (Å²) < 4.78 is 19.0. The van der Waals surface area contributed by atoms with Crippen molar-refractivity contribution in [2.75, 3.05) is 0 Å². The van der Waals surface area contributed by atoms with Crippen LogP contribution in [0, 0.1) is 18.2 Å². The summed E-state index contributed by atoms with van der Waals surface area (Å²) in [5.74, 6) is 0.543. The van der Waals surface area contributed by atoms with Gasteiger partial charge in [0.05, 0.1) is 0 Å². The highest BCUT2D eigenvalue weighted by atomic mass is 19.1. The molecule has 0 spiro atoms. The predicted octanol–water partition coefficient (Wildman–Crippen LogP) is 3.03. The van der Waals surface area contributed by atoms with E-state index in [-0.39, 0.29) is 23.4 Å². The third-order valence-corrected chi connectivity index (χ3v) is 4.22. The monoisotopic (exact) mass is 237 g/mol. The van der Waals surface area contributed by atoms with E-state index in [1.54, 1.807) is 6.07 Å². The van der Waals surface area contributed by atoms with Crippen LogP contribution < -0.4 is 10.5 Å². The van der Waals surface area contributed by atoms with Crippen molar-refractivity contribution < 1.29 is 9.13 Å². The van der Waals surface area contributed by atoms with Crippen molar-refractivity contribution in [3.8, 4) is 5.75 Å². The zero-order chi connectivity index (χ0) is 12.6. The van der Waals surface area contributed by atoms with Gasteiger partial charge in [-0.1, -0.05) is 13.8 Å². The fourth-order valence-corrected chi connectivity index (χ4v) is 2.42. The Kier molecular flexibility index (Phi) is 3.13. The summed E-state index contributed by atoms with van der Waals surface area (Å²) in [5, 5.41) is 0. The van der Waals surface area contributed by atoms with Crippen molar-refractivity contribution in [1.29, 1.82) is 0 Å². The second kappa shape index (κ2) is 4.30. The molecule has 1 fully saturated rings. The maximum absolute atomic E-state index is 13.0. The number of aryl methyl sites for hydroxylation is 1. The molecule has 1 aliphatic carbocycles. The highest BCUT2D eigenvalue weighted by Gasteiger charge is 2.50. The van der Waals surface area contributed by atoms with E-state index in [1.807, 2.05) is 6.92 Å². The Labute approximate surface area is 102 Å². The van der Waals surface area contributed by atoms with Crippen LogP contribution in [0.25, 0.3) is 0 Å². The maximum Gasteiger partial charge on any atom is 0.123 e. The Balaban J connectivity index is 2.12. The smallest absolute Gasteiger partial charge is 0.123 e. The number of hydrogen-bond acceptors (Lipinski definition) is 2. The molecule has 1 aromatic rings. The topological polar surface area (TPSA) is 35.2 Å². The zero-order valence-electron chi connectivity index (χ0n) is 10.7. The highest BCUT2D eigenvalue weighted by molar-refractivity contribution is 5.33. The van der Waals surface area contributed by atoms with E-state index in [1.165, 1.54) is 12.1 Å². The molecule has 1 aromatic carbocycles. The normalized spacial score (nSPS) is 32.1. The van der Waals surface area contributed by atoms with Crippen molar-refractivity contribution in [2.45, 2.75) is 45.8 Å². The molecule has 2 nitrogen and oxygen atoms in total. The Morgan fingerprint density at radius 1 is 1.53 bits per heavy atom. The number of rotatable bonds is 3. The number of hydrogen-bond donors (Lipinski definition) is 1. The zero-order valence-corrected chi connectivity index (χ0v) is 10.7. The van der Waals surface area contributed by atoms with Crippen LogP contribution in [-0.4, -0.2) is 12.1 Å². The average Bonchev–Trinajstić information content (AvgIpc) is 2.30. The maximum atomic E-state index is 13.0.